The Kier molecular flexibility index (Phi) is 59.5. The second-order valence-corrected chi connectivity index (χ2v) is 33.0. The minimum atomic E-state index is -4.60. The predicted molar refractivity (Wildman–Crippen MR) is 556 cm³/mol. The van der Waals surface area contributed by atoms with Gasteiger partial charge in [-0.25, -0.2) is 9.59 Å². The maximum Gasteiger partial charge on any atom is 0.573 e. The van der Waals surface area contributed by atoms with Crippen molar-refractivity contribution in [3.05, 3.63) is 520 Å². The van der Waals surface area contributed by atoms with Gasteiger partial charge in [0, 0.05) is 43.3 Å². The van der Waals surface area contributed by atoms with Crippen molar-refractivity contribution in [3.8, 4) is 29.4 Å². The quantitative estimate of drug-likeness (QED) is 0.0629. The number of esters is 1. The SMILES string of the molecule is COC(=O)c1ccc(C)cc1.Cc1ccc(Br)cc1.Cc1ccc(C#N)cc1.Cc1ccc(C(=O)O)cc1.Cc1ccc(C(F)(F)F)cc1.Cc1ccc(C)cc1.Cc1ccc(Cl)cc1.Cc1ccc(Cl)cc1Cl.Cc1ccc(O)cc1.Cc1ccc([N+](=O)[O-])cc1.Cc1cccc(C#N)c1.Cc1cccc(C)c1.Cc1cccc(O)c1.Cc1cccc(OC(F)(F)F)c1.Cc1ccccc1[N+](=O)[O-]. The number of halogens is 10. The van der Waals surface area contributed by atoms with E-state index in [-0.39, 0.29) is 28.0 Å². The molecule has 0 aliphatic carbocycles. The van der Waals surface area contributed by atoms with Gasteiger partial charge in [-0.15, -0.1) is 13.2 Å². The van der Waals surface area contributed by atoms with E-state index in [9.17, 15) is 56.2 Å². The summed E-state index contributed by atoms with van der Waals surface area (Å²) in [5.74, 6) is -0.673. The fraction of sp³-hybridized carbons (Fsp3) is 0.175. The highest BCUT2D eigenvalue weighted by Crippen LogP contribution is 2.30. The Morgan fingerprint density at radius 1 is 0.353 bits per heavy atom. The van der Waals surface area contributed by atoms with Crippen LogP contribution in [0.5, 0.6) is 17.2 Å². The van der Waals surface area contributed by atoms with Gasteiger partial charge in [0.25, 0.3) is 11.4 Å². The molecule has 0 unspecified atom stereocenters. The molecule has 0 aromatic heterocycles. The van der Waals surface area contributed by atoms with Crippen LogP contribution >= 0.6 is 50.7 Å². The Bertz CT molecular complexity index is 5800. The van der Waals surface area contributed by atoms with E-state index >= 15 is 0 Å². The molecule has 25 heteroatoms. The van der Waals surface area contributed by atoms with Crippen LogP contribution in [-0.2, 0) is 10.9 Å². The molecule has 0 amide bonds. The molecule has 139 heavy (non-hydrogen) atoms. The Labute approximate surface area is 836 Å². The zero-order valence-electron chi connectivity index (χ0n) is 80.7. The maximum atomic E-state index is 11.9. The number of benzene rings is 15. The second kappa shape index (κ2) is 67.5. The van der Waals surface area contributed by atoms with Gasteiger partial charge in [0.15, 0.2) is 0 Å². The monoisotopic (exact) mass is 2010 g/mol. The Morgan fingerprint density at radius 2 is 0.705 bits per heavy atom. The van der Waals surface area contributed by atoms with Crippen LogP contribution in [0.15, 0.2) is 362 Å². The van der Waals surface area contributed by atoms with E-state index in [0.29, 0.717) is 33.2 Å². The summed E-state index contributed by atoms with van der Waals surface area (Å²) in [6.07, 6.45) is -8.82. The normalized spacial score (nSPS) is 9.54. The van der Waals surface area contributed by atoms with Crippen molar-refractivity contribution in [2.75, 3.05) is 7.11 Å². The lowest BCUT2D eigenvalue weighted by Gasteiger charge is -2.08. The lowest BCUT2D eigenvalue weighted by atomic mass is 10.1. The number of carbonyl (C=O) groups excluding carboxylic acids is 1. The molecule has 0 atom stereocenters. The van der Waals surface area contributed by atoms with Crippen molar-refractivity contribution >= 4 is 74.0 Å². The molecule has 0 heterocycles. The molecular weight excluding hydrogens is 1900 g/mol. The van der Waals surface area contributed by atoms with Crippen LogP contribution < -0.4 is 4.74 Å². The number of para-hydroxylation sites is 1. The lowest BCUT2D eigenvalue weighted by molar-refractivity contribution is -0.385. The summed E-state index contributed by atoms with van der Waals surface area (Å²) < 4.78 is 80.1. The van der Waals surface area contributed by atoms with Gasteiger partial charge < -0.3 is 24.8 Å². The highest BCUT2D eigenvalue weighted by Gasteiger charge is 2.31. The number of nitriles is 2. The van der Waals surface area contributed by atoms with E-state index < -0.39 is 29.0 Å². The third kappa shape index (κ3) is 61.1. The van der Waals surface area contributed by atoms with Crippen LogP contribution in [0.2, 0.25) is 15.1 Å². The molecule has 15 aromatic rings. The summed E-state index contributed by atoms with van der Waals surface area (Å²) in [6, 6.07) is 110. The number of methoxy groups -OCH3 is 1. The van der Waals surface area contributed by atoms with E-state index in [1.165, 1.54) is 100 Å². The third-order valence-corrected chi connectivity index (χ3v) is 19.3. The van der Waals surface area contributed by atoms with Crippen LogP contribution in [0.4, 0.5) is 37.7 Å². The zero-order valence-corrected chi connectivity index (χ0v) is 84.6. The molecule has 15 nitrogen and oxygen atoms in total. The number of rotatable bonds is 5. The first-order valence-electron chi connectivity index (χ1n) is 42.6. The molecule has 0 bridgehead atoms. The highest BCUT2D eigenvalue weighted by atomic mass is 79.9. The number of hydrogen-bond donors (Lipinski definition) is 3. The average Bonchev–Trinajstić information content (AvgIpc) is 0.864. The van der Waals surface area contributed by atoms with Gasteiger partial charge in [-0.2, -0.15) is 23.7 Å². The number of alkyl halides is 6. The van der Waals surface area contributed by atoms with Crippen molar-refractivity contribution in [1.82, 2.24) is 0 Å². The zero-order chi connectivity index (χ0) is 105. The number of carbonyl (C=O) groups is 2. The van der Waals surface area contributed by atoms with Crippen molar-refractivity contribution in [2.45, 2.75) is 130 Å². The summed E-state index contributed by atoms with van der Waals surface area (Å²) >= 11 is 20.3. The number of non-ortho nitro benzene ring substituents is 1. The molecule has 3 N–H and O–H groups in total. The molecule has 0 radical (unpaired) electrons. The Balaban J connectivity index is 0.000000746. The Morgan fingerprint density at radius 3 is 1.01 bits per heavy atom. The molecular formula is C114H116BrCl3F6N4O11. The first-order chi connectivity index (χ1) is 65.4. The van der Waals surface area contributed by atoms with Crippen LogP contribution in [0.1, 0.15) is 132 Å². The van der Waals surface area contributed by atoms with Crippen LogP contribution in [-0.4, -0.2) is 50.6 Å². The van der Waals surface area contributed by atoms with E-state index in [2.05, 4.69) is 133 Å². The third-order valence-electron chi connectivity index (χ3n) is 17.8. The maximum absolute atomic E-state index is 11.9. The van der Waals surface area contributed by atoms with E-state index in [0.717, 1.165) is 82.3 Å². The van der Waals surface area contributed by atoms with Gasteiger partial charge >= 0.3 is 24.5 Å². The summed E-state index contributed by atoms with van der Waals surface area (Å²) in [5.41, 5.74) is 21.1. The van der Waals surface area contributed by atoms with E-state index in [4.69, 9.17) is 60.6 Å². The molecule has 0 saturated carbocycles. The number of hydrogen-bond acceptors (Lipinski definition) is 12. The lowest BCUT2D eigenvalue weighted by Crippen LogP contribution is -2.17. The Hall–Kier alpha value is -14.7. The summed E-state index contributed by atoms with van der Waals surface area (Å²) in [4.78, 5) is 40.8. The number of aromatic carboxylic acids is 1. The van der Waals surface area contributed by atoms with Gasteiger partial charge in [-0.3, -0.25) is 20.2 Å². The van der Waals surface area contributed by atoms with Gasteiger partial charge in [0.1, 0.15) is 17.2 Å². The summed E-state index contributed by atoms with van der Waals surface area (Å²) in [5, 5.41) is 65.4. The van der Waals surface area contributed by atoms with Crippen LogP contribution in [0.25, 0.3) is 0 Å². The number of carboxylic acids is 1. The summed E-state index contributed by atoms with van der Waals surface area (Å²) in [7, 11) is 1.38. The predicted octanol–water partition coefficient (Wildman–Crippen LogP) is 33.6. The molecule has 15 rings (SSSR count). The molecule has 0 aliphatic rings. The largest absolute Gasteiger partial charge is 0.573 e. The van der Waals surface area contributed by atoms with Gasteiger partial charge in [-0.1, -0.05) is 324 Å². The van der Waals surface area contributed by atoms with Gasteiger partial charge in [0.2, 0.25) is 0 Å². The topological polar surface area (TPSA) is 247 Å². The van der Waals surface area contributed by atoms with Crippen molar-refractivity contribution in [3.63, 3.8) is 0 Å². The van der Waals surface area contributed by atoms with Gasteiger partial charge in [-0.05, 0) is 273 Å². The van der Waals surface area contributed by atoms with Gasteiger partial charge in [0.05, 0.1) is 56.9 Å². The first kappa shape index (κ1) is 122. The summed E-state index contributed by atoms with van der Waals surface area (Å²) in [6.45, 7) is 33.3. The molecule has 15 aromatic carbocycles. The number of phenols is 2. The number of phenolic OH excluding ortho intramolecular Hbond substituents is 2. The molecule has 0 fully saturated rings. The number of aryl methyl sites for hydroxylation is 17. The van der Waals surface area contributed by atoms with Crippen LogP contribution in [0, 0.1) is 161 Å². The standard InChI is InChI=1S/C9H10O2.C8H7F3O.C8H7F3.2C8H7N.C8H8O2.2C8H10.C7H7Br.C7H6Cl2.C7H7Cl.2C7H7NO2.2C7H8O/c1-7-3-5-8(6-4-7)9(10)11-2;1-6-3-2-4-7(5-6)12-8(9,10)11;1-6-2-4-7(5-3-6)8(9,10)11;1-7-2-4-8(6-9)5-3-7;1-7-3-2-4-8(5-7)6-9;1-6-2-4-7(5-3-6)8(9)10;1-7-3-5-8(2)6-4-7;1-7-4-3-5-8(2)6-7;1-6-2-4-7(8)5-3-6;1-5-2-3-6(8)4-7(5)9;1-6-2-4-7(8)5-3-6;1-6-2-4-7(5-3-6)8(9)10;1-6-4-2-3-5-7(6)8(9)10;1-6-2-4-7(8)5-3-6;1-6-3-2-4-7(8)5-6/h3-6H,1-2H3;2-5H,1H3;2-5H,1H3;2*2-5H,1H3;2-5H,1H3,(H,9,10);2*3-6H,1-2H3;2-5H,1H3;2-4H,1H3;2-5H,1H3;2*2-5H,1H3;2*2-5,8H,1H3. The molecule has 728 valence electrons. The second-order valence-electron chi connectivity index (χ2n) is 30.8. The van der Waals surface area contributed by atoms with Crippen molar-refractivity contribution < 1.29 is 70.6 Å². The average molecular weight is 2020 g/mol. The molecule has 0 aliphatic heterocycles. The number of nitro groups is 2. The smallest absolute Gasteiger partial charge is 0.508 e. The minimum Gasteiger partial charge on any atom is -0.508 e. The number of nitrogens with zero attached hydrogens (tertiary/aromatic N) is 4. The fourth-order valence-electron chi connectivity index (χ4n) is 10.1. The van der Waals surface area contributed by atoms with E-state index in [1.807, 2.05) is 190 Å². The number of aromatic hydroxyl groups is 2. The molecule has 0 saturated heterocycles. The van der Waals surface area contributed by atoms with Crippen molar-refractivity contribution in [2.24, 2.45) is 0 Å². The first-order valence-corrected chi connectivity index (χ1v) is 44.5. The van der Waals surface area contributed by atoms with E-state index in [1.54, 1.807) is 130 Å². The van der Waals surface area contributed by atoms with Crippen LogP contribution in [0.3, 0.4) is 0 Å². The highest BCUT2D eigenvalue weighted by molar-refractivity contribution is 9.10. The number of carboxylic acid groups (broad SMARTS) is 1. The minimum absolute atomic E-state index is 0.144. The number of ether oxygens (including phenoxy) is 2. The number of nitro benzene ring substituents is 2. The molecule has 0 spiro atoms. The fourth-order valence-corrected chi connectivity index (χ4v) is 10.9. The van der Waals surface area contributed by atoms with Crippen molar-refractivity contribution in [1.29, 1.82) is 10.5 Å².